The zero-order chi connectivity index (χ0) is 14.0. The Bertz CT molecular complexity index is 261. The lowest BCUT2D eigenvalue weighted by molar-refractivity contribution is -0.121. The van der Waals surface area contributed by atoms with Crippen LogP contribution in [0.15, 0.2) is 0 Å². The molecular formula is C13H26N2O3. The number of carbonyl (C=O) groups excluding carboxylic acids is 2. The molecule has 0 heterocycles. The second kappa shape index (κ2) is 8.78. The third-order valence-electron chi connectivity index (χ3n) is 2.73. The number of hydrogen-bond acceptors (Lipinski definition) is 3. The lowest BCUT2D eigenvalue weighted by atomic mass is 10.0. The van der Waals surface area contributed by atoms with Crippen LogP contribution in [0.25, 0.3) is 0 Å². The van der Waals surface area contributed by atoms with Crippen LogP contribution < -0.4 is 10.6 Å². The van der Waals surface area contributed by atoms with Gasteiger partial charge in [0, 0.05) is 5.54 Å². The maximum absolute atomic E-state index is 11.4. The minimum atomic E-state index is -0.582. The normalized spacial score (nSPS) is 16.2. The van der Waals surface area contributed by atoms with Crippen LogP contribution in [-0.4, -0.2) is 31.2 Å². The highest BCUT2D eigenvalue weighted by Gasteiger charge is 2.29. The van der Waals surface area contributed by atoms with E-state index in [0.717, 1.165) is 25.7 Å². The van der Waals surface area contributed by atoms with Gasteiger partial charge in [-0.25, -0.2) is 4.79 Å². The van der Waals surface area contributed by atoms with Gasteiger partial charge in [0.15, 0.2) is 0 Å². The first-order valence-corrected chi connectivity index (χ1v) is 6.60. The molecule has 0 bridgehead atoms. The van der Waals surface area contributed by atoms with Gasteiger partial charge in [-0.1, -0.05) is 33.1 Å². The molecule has 0 saturated heterocycles. The third kappa shape index (κ3) is 7.14. The predicted molar refractivity (Wildman–Crippen MR) is 71.4 cm³/mol. The van der Waals surface area contributed by atoms with Crippen LogP contribution in [-0.2, 0) is 9.53 Å². The van der Waals surface area contributed by atoms with E-state index in [1.807, 2.05) is 6.92 Å². The fraction of sp³-hybridized carbons (Fsp3) is 0.846. The van der Waals surface area contributed by atoms with E-state index in [9.17, 15) is 9.59 Å². The van der Waals surface area contributed by atoms with Crippen molar-refractivity contribution in [1.82, 2.24) is 10.6 Å². The van der Waals surface area contributed by atoms with E-state index in [0.29, 0.717) is 0 Å². The largest absolute Gasteiger partial charge is 0.453 e. The van der Waals surface area contributed by atoms with Crippen molar-refractivity contribution in [2.24, 2.45) is 0 Å². The minimum absolute atomic E-state index is 0.0255. The molecule has 18 heavy (non-hydrogen) atoms. The van der Waals surface area contributed by atoms with Crippen LogP contribution in [0.3, 0.4) is 0 Å². The molecule has 1 aliphatic rings. The summed E-state index contributed by atoms with van der Waals surface area (Å²) in [7, 11) is 1.27. The number of hydrogen-bond donors (Lipinski definition) is 2. The smallest absolute Gasteiger partial charge is 0.407 e. The standard InChI is InChI=1S/C10H18N2O3.C3H8/c1-10(5-3-4-6-10)12-8(13)7-11-9(14)15-2;1-3-2/h3-7H2,1-2H3,(H,11,14)(H,12,13);3H2,1-2H3. The molecule has 0 unspecified atom stereocenters. The number of alkyl carbamates (subject to hydrolysis) is 1. The number of methoxy groups -OCH3 is 1. The summed E-state index contributed by atoms with van der Waals surface area (Å²) in [6.07, 6.45) is 5.00. The molecule has 0 aromatic carbocycles. The predicted octanol–water partition coefficient (Wildman–Crippen LogP) is 2.21. The lowest BCUT2D eigenvalue weighted by Gasteiger charge is -2.25. The SMILES string of the molecule is CCC.COC(=O)NCC(=O)NC1(C)CCCC1. The molecular weight excluding hydrogens is 232 g/mol. The molecule has 0 aromatic rings. The van der Waals surface area contributed by atoms with E-state index in [1.54, 1.807) is 0 Å². The van der Waals surface area contributed by atoms with E-state index < -0.39 is 6.09 Å². The van der Waals surface area contributed by atoms with Crippen LogP contribution in [0.2, 0.25) is 0 Å². The summed E-state index contributed by atoms with van der Waals surface area (Å²) in [6.45, 7) is 6.26. The molecule has 0 atom stereocenters. The summed E-state index contributed by atoms with van der Waals surface area (Å²) in [5, 5.41) is 5.28. The van der Waals surface area contributed by atoms with E-state index in [-0.39, 0.29) is 18.0 Å². The van der Waals surface area contributed by atoms with Gasteiger partial charge in [-0.15, -0.1) is 0 Å². The number of amides is 2. The van der Waals surface area contributed by atoms with Gasteiger partial charge in [-0.05, 0) is 19.8 Å². The van der Waals surface area contributed by atoms with Crippen LogP contribution >= 0.6 is 0 Å². The fourth-order valence-electron chi connectivity index (χ4n) is 1.89. The van der Waals surface area contributed by atoms with Gasteiger partial charge in [-0.3, -0.25) is 4.79 Å². The van der Waals surface area contributed by atoms with Crippen LogP contribution in [0.4, 0.5) is 4.79 Å². The van der Waals surface area contributed by atoms with Crippen molar-refractivity contribution < 1.29 is 14.3 Å². The van der Waals surface area contributed by atoms with Crippen molar-refractivity contribution in [2.75, 3.05) is 13.7 Å². The Kier molecular flexibility index (Phi) is 8.16. The summed E-state index contributed by atoms with van der Waals surface area (Å²) in [5.74, 6) is -0.162. The summed E-state index contributed by atoms with van der Waals surface area (Å²) >= 11 is 0. The molecule has 5 nitrogen and oxygen atoms in total. The minimum Gasteiger partial charge on any atom is -0.453 e. The van der Waals surface area contributed by atoms with Crippen LogP contribution in [0.1, 0.15) is 52.9 Å². The van der Waals surface area contributed by atoms with Gasteiger partial charge in [-0.2, -0.15) is 0 Å². The van der Waals surface area contributed by atoms with Crippen LogP contribution in [0, 0.1) is 0 Å². The average Bonchev–Trinajstić information content (AvgIpc) is 2.73. The van der Waals surface area contributed by atoms with Crippen molar-refractivity contribution in [3.8, 4) is 0 Å². The molecule has 0 spiro atoms. The highest BCUT2D eigenvalue weighted by atomic mass is 16.5. The van der Waals surface area contributed by atoms with Crippen molar-refractivity contribution in [3.63, 3.8) is 0 Å². The van der Waals surface area contributed by atoms with E-state index in [4.69, 9.17) is 0 Å². The Morgan fingerprint density at radius 2 is 1.72 bits per heavy atom. The molecule has 1 aliphatic carbocycles. The maximum atomic E-state index is 11.4. The molecule has 2 N–H and O–H groups in total. The number of ether oxygens (including phenoxy) is 1. The Hall–Kier alpha value is -1.26. The summed E-state index contributed by atoms with van der Waals surface area (Å²) in [5.41, 5.74) is -0.0884. The first kappa shape index (κ1) is 16.7. The molecule has 2 amide bonds. The summed E-state index contributed by atoms with van der Waals surface area (Å²) in [4.78, 5) is 22.2. The molecule has 1 saturated carbocycles. The number of carbonyl (C=O) groups is 2. The van der Waals surface area contributed by atoms with E-state index >= 15 is 0 Å². The molecule has 5 heteroatoms. The fourth-order valence-corrected chi connectivity index (χ4v) is 1.89. The van der Waals surface area contributed by atoms with Gasteiger partial charge >= 0.3 is 6.09 Å². The van der Waals surface area contributed by atoms with Crippen molar-refractivity contribution in [1.29, 1.82) is 0 Å². The van der Waals surface area contributed by atoms with E-state index in [1.165, 1.54) is 13.5 Å². The molecule has 0 aromatic heterocycles. The van der Waals surface area contributed by atoms with Crippen molar-refractivity contribution in [3.05, 3.63) is 0 Å². The lowest BCUT2D eigenvalue weighted by Crippen LogP contribution is -2.47. The van der Waals surface area contributed by atoms with Gasteiger partial charge in [0.05, 0.1) is 7.11 Å². The van der Waals surface area contributed by atoms with Crippen LogP contribution in [0.5, 0.6) is 0 Å². The molecule has 106 valence electrons. The second-order valence-corrected chi connectivity index (χ2v) is 4.87. The Labute approximate surface area is 110 Å². The number of nitrogens with one attached hydrogen (secondary N) is 2. The van der Waals surface area contributed by atoms with Crippen molar-refractivity contribution in [2.45, 2.75) is 58.4 Å². The topological polar surface area (TPSA) is 67.4 Å². The number of rotatable bonds is 3. The maximum Gasteiger partial charge on any atom is 0.407 e. The first-order chi connectivity index (χ1) is 8.47. The van der Waals surface area contributed by atoms with Gasteiger partial charge < -0.3 is 15.4 Å². The zero-order valence-electron chi connectivity index (χ0n) is 12.0. The summed E-state index contributed by atoms with van der Waals surface area (Å²) in [6, 6.07) is 0. The summed E-state index contributed by atoms with van der Waals surface area (Å²) < 4.78 is 4.37. The quantitative estimate of drug-likeness (QED) is 0.815. The second-order valence-electron chi connectivity index (χ2n) is 4.87. The average molecular weight is 258 g/mol. The van der Waals surface area contributed by atoms with Crippen molar-refractivity contribution >= 4 is 12.0 Å². The third-order valence-corrected chi connectivity index (χ3v) is 2.73. The van der Waals surface area contributed by atoms with E-state index in [2.05, 4.69) is 29.2 Å². The Morgan fingerprint density at radius 1 is 1.22 bits per heavy atom. The highest BCUT2D eigenvalue weighted by Crippen LogP contribution is 2.28. The molecule has 1 rings (SSSR count). The van der Waals surface area contributed by atoms with Gasteiger partial charge in [0.2, 0.25) is 5.91 Å². The monoisotopic (exact) mass is 258 g/mol. The molecule has 0 radical (unpaired) electrons. The highest BCUT2D eigenvalue weighted by molar-refractivity contribution is 5.82. The van der Waals surface area contributed by atoms with Gasteiger partial charge in [0.1, 0.15) is 6.54 Å². The first-order valence-electron chi connectivity index (χ1n) is 6.60. The van der Waals surface area contributed by atoms with Gasteiger partial charge in [0.25, 0.3) is 0 Å². The zero-order valence-corrected chi connectivity index (χ0v) is 12.0. The Morgan fingerprint density at radius 3 is 2.17 bits per heavy atom. The Balaban J connectivity index is 0.000000873. The molecule has 0 aliphatic heterocycles. The molecule has 1 fully saturated rings.